The van der Waals surface area contributed by atoms with E-state index >= 15 is 0 Å². The number of rotatable bonds is 2. The van der Waals surface area contributed by atoms with Gasteiger partial charge in [-0.1, -0.05) is 12.8 Å². The van der Waals surface area contributed by atoms with Crippen molar-refractivity contribution in [2.45, 2.75) is 44.7 Å². The summed E-state index contributed by atoms with van der Waals surface area (Å²) in [5, 5.41) is 0. The van der Waals surface area contributed by atoms with E-state index in [9.17, 15) is 9.59 Å². The van der Waals surface area contributed by atoms with Gasteiger partial charge in [-0.15, -0.1) is 6.42 Å². The molecule has 0 aromatic heterocycles. The molecule has 2 rings (SSSR count). The highest BCUT2D eigenvalue weighted by molar-refractivity contribution is 5.90. The van der Waals surface area contributed by atoms with Crippen LogP contribution in [0.4, 0.5) is 0 Å². The fourth-order valence-electron chi connectivity index (χ4n) is 2.72. The van der Waals surface area contributed by atoms with E-state index in [0.717, 1.165) is 25.8 Å². The van der Waals surface area contributed by atoms with Crippen molar-refractivity contribution in [3.63, 3.8) is 0 Å². The lowest BCUT2D eigenvalue weighted by molar-refractivity contribution is -0.140. The first-order chi connectivity index (χ1) is 8.19. The zero-order valence-corrected chi connectivity index (χ0v) is 10.2. The van der Waals surface area contributed by atoms with Crippen molar-refractivity contribution in [1.29, 1.82) is 0 Å². The molecule has 4 heteroatoms. The van der Waals surface area contributed by atoms with Crippen molar-refractivity contribution in [3.05, 3.63) is 0 Å². The molecule has 2 heterocycles. The Morgan fingerprint density at radius 3 is 2.88 bits per heavy atom. The fourth-order valence-corrected chi connectivity index (χ4v) is 2.72. The maximum Gasteiger partial charge on any atom is 0.246 e. The van der Waals surface area contributed by atoms with Gasteiger partial charge in [-0.25, -0.2) is 0 Å². The summed E-state index contributed by atoms with van der Waals surface area (Å²) in [6.07, 6.45) is 8.30. The predicted molar refractivity (Wildman–Crippen MR) is 64.0 cm³/mol. The second kappa shape index (κ2) is 4.79. The van der Waals surface area contributed by atoms with Gasteiger partial charge in [-0.2, -0.15) is 0 Å². The second-order valence-electron chi connectivity index (χ2n) is 4.62. The van der Waals surface area contributed by atoms with Crippen LogP contribution >= 0.6 is 0 Å². The Morgan fingerprint density at radius 1 is 1.47 bits per heavy atom. The third-order valence-corrected chi connectivity index (χ3v) is 3.66. The molecule has 17 heavy (non-hydrogen) atoms. The number of hydrogen-bond acceptors (Lipinski definition) is 2. The standard InChI is InChI=1S/C13H18N2O2/c1-3-10(4-2)14-9-7-12(16)15-8-5-6-11(15)13(14)17/h1,10-11H,4-9H2,2H3. The highest BCUT2D eigenvalue weighted by Gasteiger charge is 2.40. The Morgan fingerprint density at radius 2 is 2.24 bits per heavy atom. The smallest absolute Gasteiger partial charge is 0.246 e. The van der Waals surface area contributed by atoms with Gasteiger partial charge in [0.1, 0.15) is 6.04 Å². The topological polar surface area (TPSA) is 40.6 Å². The van der Waals surface area contributed by atoms with Gasteiger partial charge in [0.25, 0.3) is 0 Å². The van der Waals surface area contributed by atoms with E-state index in [1.54, 1.807) is 9.80 Å². The maximum absolute atomic E-state index is 12.4. The van der Waals surface area contributed by atoms with Crippen molar-refractivity contribution in [2.75, 3.05) is 13.1 Å². The van der Waals surface area contributed by atoms with Crippen molar-refractivity contribution in [1.82, 2.24) is 9.80 Å². The lowest BCUT2D eigenvalue weighted by Crippen LogP contribution is -2.47. The number of nitrogens with zero attached hydrogens (tertiary/aromatic N) is 2. The van der Waals surface area contributed by atoms with Crippen LogP contribution in [-0.2, 0) is 9.59 Å². The molecule has 0 saturated carbocycles. The van der Waals surface area contributed by atoms with Crippen LogP contribution in [0.25, 0.3) is 0 Å². The van der Waals surface area contributed by atoms with Crippen molar-refractivity contribution in [3.8, 4) is 12.3 Å². The van der Waals surface area contributed by atoms with Crippen molar-refractivity contribution in [2.24, 2.45) is 0 Å². The molecule has 2 aliphatic rings. The minimum Gasteiger partial charge on any atom is -0.331 e. The second-order valence-corrected chi connectivity index (χ2v) is 4.62. The van der Waals surface area contributed by atoms with Crippen LogP contribution in [0.2, 0.25) is 0 Å². The van der Waals surface area contributed by atoms with E-state index in [0.29, 0.717) is 13.0 Å². The minimum atomic E-state index is -0.257. The van der Waals surface area contributed by atoms with Crippen LogP contribution in [-0.4, -0.2) is 46.8 Å². The average molecular weight is 234 g/mol. The lowest BCUT2D eigenvalue weighted by atomic mass is 10.1. The molecular weight excluding hydrogens is 216 g/mol. The summed E-state index contributed by atoms with van der Waals surface area (Å²) in [5.41, 5.74) is 0. The van der Waals surface area contributed by atoms with Crippen LogP contribution in [0.15, 0.2) is 0 Å². The summed E-state index contributed by atoms with van der Waals surface area (Å²) >= 11 is 0. The molecule has 2 fully saturated rings. The average Bonchev–Trinajstić information content (AvgIpc) is 2.78. The monoisotopic (exact) mass is 234 g/mol. The number of terminal acetylenes is 1. The number of fused-ring (bicyclic) bond motifs is 1. The fraction of sp³-hybridized carbons (Fsp3) is 0.692. The normalized spacial score (nSPS) is 26.5. The summed E-state index contributed by atoms with van der Waals surface area (Å²) in [4.78, 5) is 27.7. The summed E-state index contributed by atoms with van der Waals surface area (Å²) in [6, 6.07) is -0.428. The molecule has 92 valence electrons. The predicted octanol–water partition coefficient (Wildman–Crippen LogP) is 0.621. The lowest BCUT2D eigenvalue weighted by Gasteiger charge is -2.28. The third-order valence-electron chi connectivity index (χ3n) is 3.66. The molecule has 0 bridgehead atoms. The van der Waals surface area contributed by atoms with E-state index in [-0.39, 0.29) is 23.9 Å². The Balaban J connectivity index is 2.23. The number of hydrogen-bond donors (Lipinski definition) is 0. The minimum absolute atomic E-state index is 0.0400. The molecule has 2 unspecified atom stereocenters. The number of carbonyl (C=O) groups excluding carboxylic acids is 2. The summed E-state index contributed by atoms with van der Waals surface area (Å²) in [7, 11) is 0. The van der Waals surface area contributed by atoms with Crippen LogP contribution in [0, 0.1) is 12.3 Å². The quantitative estimate of drug-likeness (QED) is 0.657. The van der Waals surface area contributed by atoms with Crippen LogP contribution in [0.5, 0.6) is 0 Å². The van der Waals surface area contributed by atoms with Gasteiger partial charge >= 0.3 is 0 Å². The number of amides is 2. The Hall–Kier alpha value is -1.50. The van der Waals surface area contributed by atoms with Gasteiger partial charge in [0.2, 0.25) is 11.8 Å². The van der Waals surface area contributed by atoms with Crippen molar-refractivity contribution < 1.29 is 9.59 Å². The van der Waals surface area contributed by atoms with Crippen LogP contribution < -0.4 is 0 Å². The van der Waals surface area contributed by atoms with Gasteiger partial charge in [-0.05, 0) is 19.3 Å². The summed E-state index contributed by atoms with van der Waals surface area (Å²) < 4.78 is 0. The van der Waals surface area contributed by atoms with Gasteiger partial charge in [0.05, 0.1) is 6.04 Å². The molecule has 0 aromatic rings. The first-order valence-corrected chi connectivity index (χ1v) is 6.25. The number of carbonyl (C=O) groups is 2. The van der Waals surface area contributed by atoms with E-state index < -0.39 is 0 Å². The molecule has 2 aliphatic heterocycles. The Bertz CT molecular complexity index is 372. The maximum atomic E-state index is 12.4. The zero-order chi connectivity index (χ0) is 12.4. The van der Waals surface area contributed by atoms with E-state index in [4.69, 9.17) is 6.42 Å². The Kier molecular flexibility index (Phi) is 3.37. The Labute approximate surface area is 102 Å². The SMILES string of the molecule is C#CC(CC)N1CCC(=O)N2CCCC2C1=O. The molecule has 4 nitrogen and oxygen atoms in total. The molecule has 2 amide bonds. The molecule has 0 spiro atoms. The first kappa shape index (κ1) is 12.0. The molecule has 0 aromatic carbocycles. The van der Waals surface area contributed by atoms with Gasteiger partial charge in [0, 0.05) is 19.5 Å². The third kappa shape index (κ3) is 2.02. The molecular formula is C13H18N2O2. The zero-order valence-electron chi connectivity index (χ0n) is 10.2. The van der Waals surface area contributed by atoms with Crippen LogP contribution in [0.3, 0.4) is 0 Å². The van der Waals surface area contributed by atoms with Crippen LogP contribution in [0.1, 0.15) is 32.6 Å². The van der Waals surface area contributed by atoms with E-state index in [1.165, 1.54) is 0 Å². The molecule has 0 radical (unpaired) electrons. The van der Waals surface area contributed by atoms with Gasteiger partial charge in [-0.3, -0.25) is 9.59 Å². The molecule has 2 atom stereocenters. The molecule has 0 N–H and O–H groups in total. The molecule has 0 aliphatic carbocycles. The highest BCUT2D eigenvalue weighted by Crippen LogP contribution is 2.24. The summed E-state index contributed by atoms with van der Waals surface area (Å²) in [6.45, 7) is 3.15. The van der Waals surface area contributed by atoms with Crippen molar-refractivity contribution >= 4 is 11.8 Å². The van der Waals surface area contributed by atoms with E-state index in [2.05, 4.69) is 5.92 Å². The van der Waals surface area contributed by atoms with E-state index in [1.807, 2.05) is 6.92 Å². The van der Waals surface area contributed by atoms with Gasteiger partial charge in [0.15, 0.2) is 0 Å². The highest BCUT2D eigenvalue weighted by atomic mass is 16.2. The molecule has 2 saturated heterocycles. The summed E-state index contributed by atoms with van der Waals surface area (Å²) in [5.74, 6) is 2.78. The first-order valence-electron chi connectivity index (χ1n) is 6.25. The van der Waals surface area contributed by atoms with Gasteiger partial charge < -0.3 is 9.80 Å². The largest absolute Gasteiger partial charge is 0.331 e.